The molecular weight excluding hydrogens is 352 g/mol. The lowest BCUT2D eigenvalue weighted by Gasteiger charge is -2.37. The molecule has 0 radical (unpaired) electrons. The Morgan fingerprint density at radius 3 is 2.68 bits per heavy atom. The van der Waals surface area contributed by atoms with Crippen molar-refractivity contribution in [3.05, 3.63) is 53.6 Å². The third kappa shape index (κ3) is 2.91. The van der Waals surface area contributed by atoms with Gasteiger partial charge in [0.05, 0.1) is 12.6 Å². The van der Waals surface area contributed by atoms with Crippen molar-refractivity contribution in [2.75, 3.05) is 6.54 Å². The molecule has 2 aromatic heterocycles. The van der Waals surface area contributed by atoms with Gasteiger partial charge in [-0.2, -0.15) is 10.2 Å². The summed E-state index contributed by atoms with van der Waals surface area (Å²) in [5.41, 5.74) is 2.57. The van der Waals surface area contributed by atoms with Crippen LogP contribution >= 0.6 is 0 Å². The molecule has 2 aliphatic rings. The second kappa shape index (κ2) is 6.58. The second-order valence-electron chi connectivity index (χ2n) is 8.05. The van der Waals surface area contributed by atoms with E-state index in [0.717, 1.165) is 17.1 Å². The number of carbonyl (C=O) groups excluding carboxylic acids is 1. The van der Waals surface area contributed by atoms with E-state index in [9.17, 15) is 4.79 Å². The minimum absolute atomic E-state index is 0.0302. The number of benzene rings is 1. The SMILES string of the molecule is CC(C)[C@H]1c2nc(-c3ccccc3)nn2CCN1C(=O)c1cc(C2CC2)[nH]n1. The Morgan fingerprint density at radius 2 is 1.96 bits per heavy atom. The lowest BCUT2D eigenvalue weighted by molar-refractivity contribution is 0.0531. The van der Waals surface area contributed by atoms with Crippen LogP contribution < -0.4 is 0 Å². The quantitative estimate of drug-likeness (QED) is 0.757. The van der Waals surface area contributed by atoms with Gasteiger partial charge in [-0.05, 0) is 24.8 Å². The summed E-state index contributed by atoms with van der Waals surface area (Å²) in [4.78, 5) is 20.0. The molecule has 0 unspecified atom stereocenters. The molecule has 3 heterocycles. The van der Waals surface area contributed by atoms with Gasteiger partial charge in [-0.15, -0.1) is 0 Å². The normalized spacial score (nSPS) is 19.1. The highest BCUT2D eigenvalue weighted by molar-refractivity contribution is 5.92. The fraction of sp³-hybridized carbons (Fsp3) is 0.429. The first-order valence-electron chi connectivity index (χ1n) is 9.98. The highest BCUT2D eigenvalue weighted by Gasteiger charge is 2.37. The highest BCUT2D eigenvalue weighted by atomic mass is 16.2. The van der Waals surface area contributed by atoms with Crippen LogP contribution in [0.5, 0.6) is 0 Å². The molecule has 1 N–H and O–H groups in total. The summed E-state index contributed by atoms with van der Waals surface area (Å²) < 4.78 is 1.96. The number of nitrogens with zero attached hydrogens (tertiary/aromatic N) is 5. The maximum atomic E-state index is 13.2. The zero-order chi connectivity index (χ0) is 19.3. The lowest BCUT2D eigenvalue weighted by Crippen LogP contribution is -2.44. The molecule has 1 aliphatic heterocycles. The van der Waals surface area contributed by atoms with Crippen molar-refractivity contribution < 1.29 is 4.79 Å². The van der Waals surface area contributed by atoms with Crippen LogP contribution in [0.15, 0.2) is 36.4 Å². The van der Waals surface area contributed by atoms with Crippen molar-refractivity contribution >= 4 is 5.91 Å². The fourth-order valence-electron chi connectivity index (χ4n) is 4.01. The zero-order valence-corrected chi connectivity index (χ0v) is 16.2. The van der Waals surface area contributed by atoms with E-state index in [0.29, 0.717) is 30.5 Å². The minimum Gasteiger partial charge on any atom is -0.325 e. The molecule has 1 saturated carbocycles. The number of carbonyl (C=O) groups is 1. The van der Waals surface area contributed by atoms with E-state index >= 15 is 0 Å². The van der Waals surface area contributed by atoms with Gasteiger partial charge < -0.3 is 4.90 Å². The predicted octanol–water partition coefficient (Wildman–Crippen LogP) is 3.40. The number of nitrogens with one attached hydrogen (secondary N) is 1. The highest BCUT2D eigenvalue weighted by Crippen LogP contribution is 2.39. The molecule has 5 rings (SSSR count). The average molecular weight is 376 g/mol. The number of aromatic nitrogens is 5. The van der Waals surface area contributed by atoms with Crippen LogP contribution in [0.3, 0.4) is 0 Å². The van der Waals surface area contributed by atoms with Crippen LogP contribution in [-0.2, 0) is 6.54 Å². The van der Waals surface area contributed by atoms with Crippen molar-refractivity contribution in [3.8, 4) is 11.4 Å². The number of H-pyrrole nitrogens is 1. The molecule has 0 bridgehead atoms. The molecule has 1 atom stereocenters. The Balaban J connectivity index is 1.47. The Hall–Kier alpha value is -2.96. The first-order valence-corrected chi connectivity index (χ1v) is 9.98. The van der Waals surface area contributed by atoms with Crippen LogP contribution in [-0.4, -0.2) is 42.3 Å². The molecule has 3 aromatic rings. The summed E-state index contributed by atoms with van der Waals surface area (Å²) in [5, 5.41) is 12.0. The van der Waals surface area contributed by atoms with Gasteiger partial charge in [0.25, 0.3) is 5.91 Å². The molecule has 144 valence electrons. The van der Waals surface area contributed by atoms with Gasteiger partial charge in [0.15, 0.2) is 11.6 Å². The number of hydrogen-bond donors (Lipinski definition) is 1. The second-order valence-corrected chi connectivity index (χ2v) is 8.05. The van der Waals surface area contributed by atoms with Gasteiger partial charge >= 0.3 is 0 Å². The van der Waals surface area contributed by atoms with E-state index in [4.69, 9.17) is 10.1 Å². The Morgan fingerprint density at radius 1 is 1.18 bits per heavy atom. The Bertz CT molecular complexity index is 1000. The van der Waals surface area contributed by atoms with Crippen LogP contribution in [0.2, 0.25) is 0 Å². The average Bonchev–Trinajstić information content (AvgIpc) is 3.28. The summed E-state index contributed by atoms with van der Waals surface area (Å²) in [6.07, 6.45) is 2.36. The van der Waals surface area contributed by atoms with Crippen molar-refractivity contribution in [3.63, 3.8) is 0 Å². The van der Waals surface area contributed by atoms with Crippen molar-refractivity contribution in [1.82, 2.24) is 29.9 Å². The van der Waals surface area contributed by atoms with E-state index in [1.54, 1.807) is 0 Å². The summed E-state index contributed by atoms with van der Waals surface area (Å²) in [7, 11) is 0. The van der Waals surface area contributed by atoms with Gasteiger partial charge in [-0.3, -0.25) is 9.89 Å². The van der Waals surface area contributed by atoms with E-state index in [-0.39, 0.29) is 17.9 Å². The summed E-state index contributed by atoms with van der Waals surface area (Å²) in [6, 6.07) is 11.8. The number of rotatable bonds is 4. The van der Waals surface area contributed by atoms with Crippen LogP contribution in [0.1, 0.15) is 60.7 Å². The van der Waals surface area contributed by atoms with E-state index in [1.165, 1.54) is 12.8 Å². The minimum atomic E-state index is -0.118. The molecule has 1 fully saturated rings. The predicted molar refractivity (Wildman–Crippen MR) is 105 cm³/mol. The van der Waals surface area contributed by atoms with Gasteiger partial charge in [0.1, 0.15) is 5.69 Å². The van der Waals surface area contributed by atoms with Crippen molar-refractivity contribution in [1.29, 1.82) is 0 Å². The lowest BCUT2D eigenvalue weighted by atomic mass is 9.99. The fourth-order valence-corrected chi connectivity index (χ4v) is 4.01. The maximum Gasteiger partial charge on any atom is 0.275 e. The molecular formula is C21H24N6O. The summed E-state index contributed by atoms with van der Waals surface area (Å²) in [5.74, 6) is 2.31. The third-order valence-corrected chi connectivity index (χ3v) is 5.61. The van der Waals surface area contributed by atoms with E-state index in [2.05, 4.69) is 24.0 Å². The Labute approximate surface area is 163 Å². The molecule has 0 spiro atoms. The Kier molecular flexibility index (Phi) is 4.03. The summed E-state index contributed by atoms with van der Waals surface area (Å²) in [6.45, 7) is 5.50. The van der Waals surface area contributed by atoms with Gasteiger partial charge in [-0.1, -0.05) is 44.2 Å². The number of fused-ring (bicyclic) bond motifs is 1. The first kappa shape index (κ1) is 17.2. The van der Waals surface area contributed by atoms with Gasteiger partial charge in [-0.25, -0.2) is 9.67 Å². The molecule has 7 heteroatoms. The van der Waals surface area contributed by atoms with Crippen LogP contribution in [0, 0.1) is 5.92 Å². The number of amides is 1. The maximum absolute atomic E-state index is 13.2. The molecule has 1 amide bonds. The largest absolute Gasteiger partial charge is 0.325 e. The first-order chi connectivity index (χ1) is 13.6. The van der Waals surface area contributed by atoms with Gasteiger partial charge in [0, 0.05) is 23.7 Å². The number of hydrogen-bond acceptors (Lipinski definition) is 4. The van der Waals surface area contributed by atoms with Crippen LogP contribution in [0.25, 0.3) is 11.4 Å². The molecule has 1 aromatic carbocycles. The monoisotopic (exact) mass is 376 g/mol. The van der Waals surface area contributed by atoms with Crippen LogP contribution in [0.4, 0.5) is 0 Å². The third-order valence-electron chi connectivity index (χ3n) is 5.61. The molecule has 28 heavy (non-hydrogen) atoms. The smallest absolute Gasteiger partial charge is 0.275 e. The molecule has 1 aliphatic carbocycles. The number of aromatic amines is 1. The van der Waals surface area contributed by atoms with E-state index in [1.807, 2.05) is 46.0 Å². The molecule has 7 nitrogen and oxygen atoms in total. The molecule has 0 saturated heterocycles. The standard InChI is InChI=1S/C21H24N6O/c1-13(2)18-20-22-19(15-6-4-3-5-7-15)25-27(20)11-10-26(18)21(28)17-12-16(23-24-17)14-8-9-14/h3-7,12-14,18H,8-11H2,1-2H3,(H,23,24)/t18-/m0/s1. The topological polar surface area (TPSA) is 79.7 Å². The van der Waals surface area contributed by atoms with Crippen molar-refractivity contribution in [2.45, 2.75) is 45.2 Å². The zero-order valence-electron chi connectivity index (χ0n) is 16.2. The summed E-state index contributed by atoms with van der Waals surface area (Å²) >= 11 is 0. The van der Waals surface area contributed by atoms with Gasteiger partial charge in [0.2, 0.25) is 0 Å². The van der Waals surface area contributed by atoms with Crippen molar-refractivity contribution in [2.24, 2.45) is 5.92 Å². The van der Waals surface area contributed by atoms with E-state index < -0.39 is 0 Å².